The third kappa shape index (κ3) is 2.03. The molecule has 1 saturated heterocycles. The van der Waals surface area contributed by atoms with Gasteiger partial charge < -0.3 is 5.73 Å². The third-order valence-corrected chi connectivity index (χ3v) is 4.00. The van der Waals surface area contributed by atoms with Gasteiger partial charge in [0.1, 0.15) is 0 Å². The summed E-state index contributed by atoms with van der Waals surface area (Å²) in [6, 6.07) is 6.93. The van der Waals surface area contributed by atoms with Crippen LogP contribution in [0.5, 0.6) is 0 Å². The molecule has 0 spiro atoms. The molecule has 102 valence electrons. The first-order chi connectivity index (χ1) is 9.22. The smallest absolute Gasteiger partial charge is 0.161 e. The van der Waals surface area contributed by atoms with E-state index in [1.807, 2.05) is 12.1 Å². The van der Waals surface area contributed by atoms with Crippen molar-refractivity contribution in [1.29, 1.82) is 0 Å². The fourth-order valence-electron chi connectivity index (χ4n) is 3.09. The highest BCUT2D eigenvalue weighted by molar-refractivity contribution is 5.40. The minimum absolute atomic E-state index is 0.364. The Morgan fingerprint density at radius 2 is 2.21 bits per heavy atom. The Bertz CT molecular complexity index is 574. The molecule has 0 bridgehead atoms. The molecule has 19 heavy (non-hydrogen) atoms. The van der Waals surface area contributed by atoms with E-state index in [1.165, 1.54) is 6.42 Å². The summed E-state index contributed by atoms with van der Waals surface area (Å²) in [5.41, 5.74) is 7.82. The van der Waals surface area contributed by atoms with Crippen LogP contribution in [0.25, 0.3) is 5.65 Å². The number of nitrogens with zero attached hydrogens (tertiary/aromatic N) is 4. The number of pyridine rings is 1. The Labute approximate surface area is 113 Å². The number of nitrogens with two attached hydrogens (primary N) is 1. The number of rotatable bonds is 3. The molecule has 3 rings (SSSR count). The maximum atomic E-state index is 5.85. The predicted molar refractivity (Wildman–Crippen MR) is 74.7 cm³/mol. The summed E-state index contributed by atoms with van der Waals surface area (Å²) in [6.45, 7) is 6.13. The lowest BCUT2D eigenvalue weighted by Crippen LogP contribution is -2.31. The molecule has 1 atom stereocenters. The lowest BCUT2D eigenvalue weighted by molar-refractivity contribution is 0.197. The highest BCUT2D eigenvalue weighted by Crippen LogP contribution is 2.32. The molecule has 1 aliphatic rings. The number of likely N-dealkylation sites (tertiary alicyclic amines) is 1. The standard InChI is InChI=1S/C14H21N5/c1-10(2)18-8-4-6-12(18)14-17-16-13-7-3-5-11(9-15)19(13)14/h3,5,7,10,12H,4,6,8-9,15H2,1-2H3. The summed E-state index contributed by atoms with van der Waals surface area (Å²) in [5, 5.41) is 8.73. The monoisotopic (exact) mass is 259 g/mol. The van der Waals surface area contributed by atoms with Crippen LogP contribution in [-0.4, -0.2) is 32.1 Å². The van der Waals surface area contributed by atoms with Crippen molar-refractivity contribution in [2.24, 2.45) is 5.73 Å². The van der Waals surface area contributed by atoms with Crippen LogP contribution in [0.1, 0.15) is 44.2 Å². The molecule has 0 amide bonds. The van der Waals surface area contributed by atoms with Gasteiger partial charge in [-0.2, -0.15) is 0 Å². The molecule has 0 radical (unpaired) electrons. The van der Waals surface area contributed by atoms with Gasteiger partial charge in [0.15, 0.2) is 11.5 Å². The third-order valence-electron chi connectivity index (χ3n) is 4.00. The van der Waals surface area contributed by atoms with E-state index in [9.17, 15) is 0 Å². The van der Waals surface area contributed by atoms with Gasteiger partial charge >= 0.3 is 0 Å². The Hall–Kier alpha value is -1.46. The van der Waals surface area contributed by atoms with Crippen molar-refractivity contribution in [3.05, 3.63) is 29.7 Å². The molecule has 0 aliphatic carbocycles. The summed E-state index contributed by atoms with van der Waals surface area (Å²) >= 11 is 0. The van der Waals surface area contributed by atoms with E-state index >= 15 is 0 Å². The maximum absolute atomic E-state index is 5.85. The fourth-order valence-corrected chi connectivity index (χ4v) is 3.09. The van der Waals surface area contributed by atoms with Crippen LogP contribution in [0.4, 0.5) is 0 Å². The van der Waals surface area contributed by atoms with Gasteiger partial charge in [-0.15, -0.1) is 10.2 Å². The van der Waals surface area contributed by atoms with Crippen molar-refractivity contribution >= 4 is 5.65 Å². The minimum atomic E-state index is 0.364. The molecule has 3 heterocycles. The fraction of sp³-hybridized carbons (Fsp3) is 0.571. The summed E-state index contributed by atoms with van der Waals surface area (Å²) < 4.78 is 2.13. The lowest BCUT2D eigenvalue weighted by Gasteiger charge is -2.27. The van der Waals surface area contributed by atoms with E-state index in [0.717, 1.165) is 30.1 Å². The van der Waals surface area contributed by atoms with Gasteiger partial charge in [0.25, 0.3) is 0 Å². The van der Waals surface area contributed by atoms with Gasteiger partial charge in [0.2, 0.25) is 0 Å². The molecule has 2 aromatic heterocycles. The first kappa shape index (κ1) is 12.6. The summed E-state index contributed by atoms with van der Waals surface area (Å²) in [5.74, 6) is 1.04. The molecule has 0 aromatic carbocycles. The summed E-state index contributed by atoms with van der Waals surface area (Å²) in [6.07, 6.45) is 2.38. The maximum Gasteiger partial charge on any atom is 0.161 e. The average molecular weight is 259 g/mol. The number of aromatic nitrogens is 3. The van der Waals surface area contributed by atoms with Crippen molar-refractivity contribution in [1.82, 2.24) is 19.5 Å². The normalized spacial score (nSPS) is 20.7. The Balaban J connectivity index is 2.10. The van der Waals surface area contributed by atoms with E-state index in [-0.39, 0.29) is 0 Å². The molecule has 1 fully saturated rings. The van der Waals surface area contributed by atoms with Gasteiger partial charge in [-0.25, -0.2) is 0 Å². The summed E-state index contributed by atoms with van der Waals surface area (Å²) in [4.78, 5) is 2.50. The van der Waals surface area contributed by atoms with Crippen LogP contribution >= 0.6 is 0 Å². The molecule has 1 aliphatic heterocycles. The molecule has 1 unspecified atom stereocenters. The Morgan fingerprint density at radius 1 is 1.37 bits per heavy atom. The second kappa shape index (κ2) is 4.90. The van der Waals surface area contributed by atoms with Crippen LogP contribution in [0.15, 0.2) is 18.2 Å². The van der Waals surface area contributed by atoms with E-state index in [0.29, 0.717) is 18.6 Å². The zero-order chi connectivity index (χ0) is 13.4. The quantitative estimate of drug-likeness (QED) is 0.912. The highest BCUT2D eigenvalue weighted by Gasteiger charge is 2.31. The van der Waals surface area contributed by atoms with Crippen LogP contribution in [-0.2, 0) is 6.54 Å². The van der Waals surface area contributed by atoms with E-state index in [1.54, 1.807) is 0 Å². The SMILES string of the molecule is CC(C)N1CCCC1c1nnc2cccc(CN)n12. The number of fused-ring (bicyclic) bond motifs is 1. The number of hydrogen-bond donors (Lipinski definition) is 1. The number of hydrogen-bond acceptors (Lipinski definition) is 4. The van der Waals surface area contributed by atoms with E-state index < -0.39 is 0 Å². The van der Waals surface area contributed by atoms with Crippen LogP contribution < -0.4 is 5.73 Å². The van der Waals surface area contributed by atoms with Gasteiger partial charge in [0.05, 0.1) is 6.04 Å². The first-order valence-electron chi connectivity index (χ1n) is 7.01. The van der Waals surface area contributed by atoms with Gasteiger partial charge in [0, 0.05) is 18.3 Å². The van der Waals surface area contributed by atoms with Crippen molar-refractivity contribution in [2.45, 2.75) is 45.3 Å². The molecule has 0 saturated carbocycles. The highest BCUT2D eigenvalue weighted by atomic mass is 15.3. The van der Waals surface area contributed by atoms with Crippen LogP contribution in [0.2, 0.25) is 0 Å². The molecular weight excluding hydrogens is 238 g/mol. The Kier molecular flexibility index (Phi) is 3.24. The van der Waals surface area contributed by atoms with Crippen molar-refractivity contribution in [3.8, 4) is 0 Å². The molecule has 5 nitrogen and oxygen atoms in total. The van der Waals surface area contributed by atoms with Gasteiger partial charge in [-0.1, -0.05) is 6.07 Å². The van der Waals surface area contributed by atoms with Crippen molar-refractivity contribution < 1.29 is 0 Å². The van der Waals surface area contributed by atoms with Gasteiger partial charge in [-0.05, 0) is 45.4 Å². The van der Waals surface area contributed by atoms with Gasteiger partial charge in [-0.3, -0.25) is 9.30 Å². The van der Waals surface area contributed by atoms with E-state index in [2.05, 4.69) is 39.4 Å². The van der Waals surface area contributed by atoms with Crippen LogP contribution in [0.3, 0.4) is 0 Å². The molecule has 2 N–H and O–H groups in total. The topological polar surface area (TPSA) is 59.5 Å². The predicted octanol–water partition coefficient (Wildman–Crippen LogP) is 1.73. The molecular formula is C14H21N5. The molecule has 5 heteroatoms. The zero-order valence-corrected chi connectivity index (χ0v) is 11.6. The van der Waals surface area contributed by atoms with Crippen molar-refractivity contribution in [3.63, 3.8) is 0 Å². The summed E-state index contributed by atoms with van der Waals surface area (Å²) in [7, 11) is 0. The minimum Gasteiger partial charge on any atom is -0.325 e. The largest absolute Gasteiger partial charge is 0.325 e. The first-order valence-corrected chi connectivity index (χ1v) is 7.01. The van der Waals surface area contributed by atoms with E-state index in [4.69, 9.17) is 5.73 Å². The average Bonchev–Trinajstić information content (AvgIpc) is 3.03. The van der Waals surface area contributed by atoms with Crippen molar-refractivity contribution in [2.75, 3.05) is 6.54 Å². The second-order valence-corrected chi connectivity index (χ2v) is 5.46. The lowest BCUT2D eigenvalue weighted by atomic mass is 10.2. The Morgan fingerprint density at radius 3 is 2.95 bits per heavy atom. The second-order valence-electron chi connectivity index (χ2n) is 5.46. The molecule has 2 aromatic rings. The zero-order valence-electron chi connectivity index (χ0n) is 11.6. The van der Waals surface area contributed by atoms with Crippen LogP contribution in [0, 0.1) is 0 Å².